The summed E-state index contributed by atoms with van der Waals surface area (Å²) in [6, 6.07) is 50.5. The lowest BCUT2D eigenvalue weighted by Crippen LogP contribution is -2.68. The highest BCUT2D eigenvalue weighted by atomic mass is 35.7. The topological polar surface area (TPSA) is 126 Å². The molecule has 8 nitrogen and oxygen atoms in total. The SMILES string of the molecule is COc1ccc(-c2cc(-c3ccc(C)cc3)[o+]c(-c3ccc(OC)cc3)c2)cc1.Cc1cc(C)c(-c2c3ccccc3[n+](C)c3ccccc23)c(C)c1.[CH3-].[O-][Cl+3]([O-])([O-])[O-]. The number of hydrogen-bond donors (Lipinski definition) is 0. The maximum absolute atomic E-state index is 8.49. The van der Waals surface area contributed by atoms with Crippen molar-refractivity contribution < 1.29 is 47.3 Å². The smallest absolute Gasteiger partial charge is 0.361 e. The Bertz CT molecular complexity index is 2520. The Balaban J connectivity index is 0.000000201. The van der Waals surface area contributed by atoms with E-state index in [1.165, 1.54) is 55.2 Å². The van der Waals surface area contributed by atoms with Gasteiger partial charge in [0.25, 0.3) is 0 Å². The number of hydrogen-bond acceptors (Lipinski definition) is 6. The van der Waals surface area contributed by atoms with Crippen molar-refractivity contribution in [2.24, 2.45) is 7.05 Å². The van der Waals surface area contributed by atoms with Gasteiger partial charge in [0, 0.05) is 23.3 Å². The molecule has 0 saturated heterocycles. The first-order valence-electron chi connectivity index (χ1n) is 18.6. The Morgan fingerprint density at radius 1 is 0.475 bits per heavy atom. The molecule has 0 aliphatic rings. The molecule has 0 fully saturated rings. The van der Waals surface area contributed by atoms with Crippen molar-refractivity contribution in [2.75, 3.05) is 14.2 Å². The van der Waals surface area contributed by atoms with Crippen LogP contribution in [0.5, 0.6) is 11.5 Å². The summed E-state index contributed by atoms with van der Waals surface area (Å²) < 4.78 is 53.2. The second kappa shape index (κ2) is 19.1. The summed E-state index contributed by atoms with van der Waals surface area (Å²) in [5, 5.41) is 2.63. The molecule has 2 aromatic heterocycles. The lowest BCUT2D eigenvalue weighted by molar-refractivity contribution is -2.00. The third kappa shape index (κ3) is 10.7. The van der Waals surface area contributed by atoms with Crippen molar-refractivity contribution >= 4 is 21.8 Å². The fourth-order valence-corrected chi connectivity index (χ4v) is 7.28. The fraction of sp³-hybridized carbons (Fsp3) is 0.140. The molecule has 59 heavy (non-hydrogen) atoms. The molecule has 8 aromatic rings. The lowest BCUT2D eigenvalue weighted by atomic mass is 9.89. The summed E-state index contributed by atoms with van der Waals surface area (Å²) in [7, 11) is 0.552. The molecule has 0 saturated carbocycles. The summed E-state index contributed by atoms with van der Waals surface area (Å²) >= 11 is 0. The van der Waals surface area contributed by atoms with Gasteiger partial charge >= 0.3 is 11.5 Å². The van der Waals surface area contributed by atoms with Crippen LogP contribution in [0.3, 0.4) is 0 Å². The minimum Gasteiger partial charge on any atom is -0.497 e. The third-order valence-electron chi connectivity index (χ3n) is 9.92. The number of nitrogens with zero attached hydrogens (tertiary/aromatic N) is 1. The van der Waals surface area contributed by atoms with Gasteiger partial charge in [-0.3, -0.25) is 0 Å². The predicted octanol–water partition coefficient (Wildman–Crippen LogP) is 7.99. The molecule has 0 amide bonds. The number of ether oxygens (including phenoxy) is 2. The lowest BCUT2D eigenvalue weighted by Gasteiger charge is -2.17. The Hall–Kier alpha value is -6.13. The summed E-state index contributed by atoms with van der Waals surface area (Å²) in [6.07, 6.45) is 0. The van der Waals surface area contributed by atoms with Crippen molar-refractivity contribution in [2.45, 2.75) is 27.7 Å². The Morgan fingerprint density at radius 2 is 0.864 bits per heavy atom. The molecule has 0 bridgehead atoms. The first-order chi connectivity index (χ1) is 27.7. The van der Waals surface area contributed by atoms with Gasteiger partial charge in [-0.15, -0.1) is 10.2 Å². The average molecular weight is 810 g/mol. The molecule has 0 aliphatic heterocycles. The molecule has 6 aromatic carbocycles. The number of methoxy groups -OCH3 is 2. The van der Waals surface area contributed by atoms with E-state index in [2.05, 4.69) is 149 Å². The summed E-state index contributed by atoms with van der Waals surface area (Å²) in [5.41, 5.74) is 14.7. The van der Waals surface area contributed by atoms with Gasteiger partial charge in [-0.25, -0.2) is 23.1 Å². The average Bonchev–Trinajstić information content (AvgIpc) is 3.21. The van der Waals surface area contributed by atoms with Gasteiger partial charge in [0.1, 0.15) is 18.5 Å². The van der Waals surface area contributed by atoms with Crippen LogP contribution < -0.4 is 32.7 Å². The van der Waals surface area contributed by atoms with Gasteiger partial charge in [0.05, 0.1) is 48.3 Å². The van der Waals surface area contributed by atoms with Crippen LogP contribution in [0.15, 0.2) is 150 Å². The predicted molar refractivity (Wildman–Crippen MR) is 226 cm³/mol. The summed E-state index contributed by atoms with van der Waals surface area (Å²) in [6.45, 7) is 8.71. The van der Waals surface area contributed by atoms with Gasteiger partial charge in [-0.2, -0.15) is 4.57 Å². The van der Waals surface area contributed by atoms with Crippen molar-refractivity contribution in [3.63, 3.8) is 0 Å². The number of halogens is 1. The van der Waals surface area contributed by atoms with E-state index in [4.69, 9.17) is 32.5 Å². The van der Waals surface area contributed by atoms with Crippen LogP contribution in [0.2, 0.25) is 0 Å². The van der Waals surface area contributed by atoms with E-state index >= 15 is 0 Å². The van der Waals surface area contributed by atoms with Crippen molar-refractivity contribution in [1.82, 2.24) is 0 Å². The van der Waals surface area contributed by atoms with Crippen LogP contribution in [0.1, 0.15) is 22.3 Å². The quantitative estimate of drug-likeness (QED) is 0.0722. The minimum atomic E-state index is -4.94. The number of pyridine rings is 1. The molecule has 0 spiro atoms. The number of fused-ring (bicyclic) bond motifs is 2. The van der Waals surface area contributed by atoms with E-state index in [-0.39, 0.29) is 7.43 Å². The van der Waals surface area contributed by atoms with E-state index in [0.717, 1.165) is 45.3 Å². The number of para-hydroxylation sites is 2. The molecule has 0 atom stereocenters. The Morgan fingerprint density at radius 3 is 1.29 bits per heavy atom. The molecular formula is C50H48ClNO7. The van der Waals surface area contributed by atoms with Gasteiger partial charge in [-0.1, -0.05) is 71.8 Å². The molecule has 8 rings (SSSR count). The maximum atomic E-state index is 8.49. The van der Waals surface area contributed by atoms with Gasteiger partial charge in [-0.05, 0) is 111 Å². The molecule has 9 heteroatoms. The molecule has 0 unspecified atom stereocenters. The van der Waals surface area contributed by atoms with E-state index in [9.17, 15) is 0 Å². The van der Waals surface area contributed by atoms with Crippen molar-refractivity contribution in [1.29, 1.82) is 0 Å². The normalized spacial score (nSPS) is 10.8. The summed E-state index contributed by atoms with van der Waals surface area (Å²) in [5.74, 6) is 3.28. The molecule has 302 valence electrons. The second-order valence-electron chi connectivity index (χ2n) is 14.0. The molecule has 0 aliphatic carbocycles. The monoisotopic (exact) mass is 809 g/mol. The molecule has 0 radical (unpaired) electrons. The van der Waals surface area contributed by atoms with Gasteiger partial charge < -0.3 is 16.9 Å². The van der Waals surface area contributed by atoms with Crippen LogP contribution >= 0.6 is 0 Å². The van der Waals surface area contributed by atoms with Crippen LogP contribution in [0.4, 0.5) is 0 Å². The van der Waals surface area contributed by atoms with Crippen molar-refractivity contribution in [3.05, 3.63) is 175 Å². The number of benzene rings is 6. The van der Waals surface area contributed by atoms with E-state index in [1.807, 2.05) is 36.4 Å². The molecular weight excluding hydrogens is 762 g/mol. The highest BCUT2D eigenvalue weighted by molar-refractivity contribution is 6.08. The standard InChI is InChI=1S/C26H23O3.C23H22N.CH3.ClHO4/c1-18-4-6-20(7-5-18)25-16-22(19-8-12-23(27-2)13-9-19)17-26(29-25)21-10-14-24(28-3)15-11-21;1-15-13-16(2)22(17(3)14-15)23-18-9-5-7-11-20(18)24(4)21-12-8-6-10-19(21)23;;2-1(3,4)5/h4-17H,1-3H3;5-14H,1-4H3;1H3;(H,2,3,4,5)/q2*+1;-1;/p-1. The summed E-state index contributed by atoms with van der Waals surface area (Å²) in [4.78, 5) is 0. The van der Waals surface area contributed by atoms with Crippen LogP contribution in [0, 0.1) is 45.4 Å². The van der Waals surface area contributed by atoms with E-state index in [1.54, 1.807) is 14.2 Å². The molecule has 0 N–H and O–H groups in total. The zero-order chi connectivity index (χ0) is 41.6. The van der Waals surface area contributed by atoms with Crippen LogP contribution in [-0.2, 0) is 7.05 Å². The number of rotatable bonds is 6. The van der Waals surface area contributed by atoms with Gasteiger partial charge in [0.15, 0.2) is 0 Å². The van der Waals surface area contributed by atoms with E-state index < -0.39 is 10.2 Å². The zero-order valence-corrected chi connectivity index (χ0v) is 35.3. The number of aromatic nitrogens is 1. The Kier molecular flexibility index (Phi) is 14.2. The van der Waals surface area contributed by atoms with E-state index in [0.29, 0.717) is 0 Å². The zero-order valence-electron chi connectivity index (χ0n) is 34.5. The van der Waals surface area contributed by atoms with Crippen molar-refractivity contribution in [3.8, 4) is 56.4 Å². The minimum absolute atomic E-state index is 0. The Labute approximate surface area is 348 Å². The highest BCUT2D eigenvalue weighted by Crippen LogP contribution is 2.38. The fourth-order valence-electron chi connectivity index (χ4n) is 7.28. The molecule has 2 heterocycles. The van der Waals surface area contributed by atoms with Crippen LogP contribution in [0.25, 0.3) is 66.7 Å². The third-order valence-corrected chi connectivity index (χ3v) is 9.92. The first kappa shape index (κ1) is 44.0. The second-order valence-corrected chi connectivity index (χ2v) is 14.8. The maximum Gasteiger partial charge on any atom is 0.361 e. The first-order valence-corrected chi connectivity index (χ1v) is 19.8. The van der Waals surface area contributed by atoms with Crippen LogP contribution in [-0.4, -0.2) is 14.2 Å². The number of aryl methyl sites for hydroxylation is 5. The highest BCUT2D eigenvalue weighted by Gasteiger charge is 2.22. The largest absolute Gasteiger partial charge is 0.497 e. The van der Waals surface area contributed by atoms with Gasteiger partial charge in [0.2, 0.25) is 11.0 Å².